The molecule has 0 aromatic heterocycles. The summed E-state index contributed by atoms with van der Waals surface area (Å²) < 4.78 is 0. The van der Waals surface area contributed by atoms with Crippen LogP contribution in [0.1, 0.15) is 44.6 Å². The molecule has 1 aliphatic rings. The van der Waals surface area contributed by atoms with Gasteiger partial charge in [0.25, 0.3) is 0 Å². The summed E-state index contributed by atoms with van der Waals surface area (Å²) in [7, 11) is 4.17. The highest BCUT2D eigenvalue weighted by atomic mass is 15.1. The van der Waals surface area contributed by atoms with Crippen LogP contribution in [0.5, 0.6) is 0 Å². The van der Waals surface area contributed by atoms with Crippen molar-refractivity contribution >= 4 is 5.69 Å². The molecule has 2 heteroatoms. The summed E-state index contributed by atoms with van der Waals surface area (Å²) in [5.74, 6) is 0.884. The van der Waals surface area contributed by atoms with Crippen LogP contribution in [-0.4, -0.2) is 20.1 Å². The fraction of sp³-hybridized carbons (Fsp3) is 0.647. The summed E-state index contributed by atoms with van der Waals surface area (Å²) in [5, 5.41) is 3.77. The van der Waals surface area contributed by atoms with Crippen molar-refractivity contribution in [2.45, 2.75) is 51.6 Å². The van der Waals surface area contributed by atoms with Gasteiger partial charge in [-0.25, -0.2) is 0 Å². The molecule has 1 N–H and O–H groups in total. The van der Waals surface area contributed by atoms with E-state index in [9.17, 15) is 0 Å². The van der Waals surface area contributed by atoms with Crippen LogP contribution in [-0.2, 0) is 6.54 Å². The molecule has 2 nitrogen and oxygen atoms in total. The normalized spacial score (nSPS) is 23.3. The molecule has 0 aliphatic heterocycles. The first-order valence-corrected chi connectivity index (χ1v) is 7.70. The standard InChI is InChI=1S/C17H28N2/c1-4-15-7-5-6-8-17(15)18-13-14-9-11-16(12-10-14)19(2)3/h9-12,15,17-18H,4-8,13H2,1-3H3. The molecule has 0 radical (unpaired) electrons. The maximum atomic E-state index is 3.77. The Labute approximate surface area is 118 Å². The van der Waals surface area contributed by atoms with E-state index >= 15 is 0 Å². The average Bonchev–Trinajstić information content (AvgIpc) is 2.45. The van der Waals surface area contributed by atoms with E-state index in [-0.39, 0.29) is 0 Å². The van der Waals surface area contributed by atoms with E-state index in [1.54, 1.807) is 0 Å². The number of rotatable bonds is 5. The minimum atomic E-state index is 0.729. The van der Waals surface area contributed by atoms with Crippen LogP contribution >= 0.6 is 0 Å². The highest BCUT2D eigenvalue weighted by Crippen LogP contribution is 2.27. The molecule has 0 saturated heterocycles. The van der Waals surface area contributed by atoms with Crippen molar-refractivity contribution in [1.82, 2.24) is 5.32 Å². The number of anilines is 1. The second-order valence-corrected chi connectivity index (χ2v) is 6.00. The van der Waals surface area contributed by atoms with Crippen LogP contribution < -0.4 is 10.2 Å². The van der Waals surface area contributed by atoms with E-state index in [0.29, 0.717) is 0 Å². The molecular weight excluding hydrogens is 232 g/mol. The molecule has 0 bridgehead atoms. The number of benzene rings is 1. The number of hydrogen-bond acceptors (Lipinski definition) is 2. The van der Waals surface area contributed by atoms with Crippen LogP contribution in [0.4, 0.5) is 5.69 Å². The van der Waals surface area contributed by atoms with Crippen LogP contribution in [0.15, 0.2) is 24.3 Å². The van der Waals surface area contributed by atoms with Crippen molar-refractivity contribution < 1.29 is 0 Å². The van der Waals surface area contributed by atoms with Gasteiger partial charge in [0, 0.05) is 32.4 Å². The van der Waals surface area contributed by atoms with E-state index in [2.05, 4.69) is 55.5 Å². The van der Waals surface area contributed by atoms with Gasteiger partial charge in [-0.15, -0.1) is 0 Å². The molecule has 2 atom stereocenters. The van der Waals surface area contributed by atoms with Gasteiger partial charge >= 0.3 is 0 Å². The quantitative estimate of drug-likeness (QED) is 0.866. The first-order valence-electron chi connectivity index (χ1n) is 7.70. The predicted octanol–water partition coefficient (Wildman–Crippen LogP) is 3.81. The van der Waals surface area contributed by atoms with E-state index < -0.39 is 0 Å². The second-order valence-electron chi connectivity index (χ2n) is 6.00. The summed E-state index contributed by atoms with van der Waals surface area (Å²) >= 11 is 0. The molecule has 19 heavy (non-hydrogen) atoms. The smallest absolute Gasteiger partial charge is 0.0361 e. The largest absolute Gasteiger partial charge is 0.378 e. The van der Waals surface area contributed by atoms with Crippen molar-refractivity contribution in [3.63, 3.8) is 0 Å². The Morgan fingerprint density at radius 3 is 2.42 bits per heavy atom. The summed E-state index contributed by atoms with van der Waals surface area (Å²) in [6.07, 6.45) is 6.90. The van der Waals surface area contributed by atoms with Crippen molar-refractivity contribution in [2.75, 3.05) is 19.0 Å². The molecule has 2 unspecified atom stereocenters. The molecule has 1 aliphatic carbocycles. The van der Waals surface area contributed by atoms with Crippen LogP contribution in [0.3, 0.4) is 0 Å². The molecule has 2 rings (SSSR count). The number of nitrogens with one attached hydrogen (secondary N) is 1. The van der Waals surface area contributed by atoms with Crippen molar-refractivity contribution in [1.29, 1.82) is 0 Å². The predicted molar refractivity (Wildman–Crippen MR) is 83.6 cm³/mol. The van der Waals surface area contributed by atoms with Gasteiger partial charge in [0.1, 0.15) is 0 Å². The maximum Gasteiger partial charge on any atom is 0.0361 e. The molecular formula is C17H28N2. The van der Waals surface area contributed by atoms with Gasteiger partial charge in [0.05, 0.1) is 0 Å². The third-order valence-corrected chi connectivity index (χ3v) is 4.45. The summed E-state index contributed by atoms with van der Waals surface area (Å²) in [6.45, 7) is 3.34. The fourth-order valence-corrected chi connectivity index (χ4v) is 3.13. The molecule has 106 valence electrons. The van der Waals surface area contributed by atoms with Crippen molar-refractivity contribution in [2.24, 2.45) is 5.92 Å². The van der Waals surface area contributed by atoms with Gasteiger partial charge in [-0.05, 0) is 36.5 Å². The lowest BCUT2D eigenvalue weighted by Crippen LogP contribution is -2.37. The van der Waals surface area contributed by atoms with Gasteiger partial charge in [-0.3, -0.25) is 0 Å². The molecule has 0 spiro atoms. The zero-order valence-corrected chi connectivity index (χ0v) is 12.7. The first kappa shape index (κ1) is 14.4. The van der Waals surface area contributed by atoms with Gasteiger partial charge in [-0.1, -0.05) is 38.3 Å². The minimum absolute atomic E-state index is 0.729. The van der Waals surface area contributed by atoms with Gasteiger partial charge in [0.2, 0.25) is 0 Å². The second kappa shape index (κ2) is 6.95. The average molecular weight is 260 g/mol. The number of nitrogens with zero attached hydrogens (tertiary/aromatic N) is 1. The number of hydrogen-bond donors (Lipinski definition) is 1. The SMILES string of the molecule is CCC1CCCCC1NCc1ccc(N(C)C)cc1. The van der Waals surface area contributed by atoms with E-state index in [0.717, 1.165) is 18.5 Å². The van der Waals surface area contributed by atoms with Crippen molar-refractivity contribution in [3.8, 4) is 0 Å². The Bertz CT molecular complexity index is 369. The van der Waals surface area contributed by atoms with Crippen LogP contribution in [0, 0.1) is 5.92 Å². The Morgan fingerprint density at radius 1 is 1.11 bits per heavy atom. The molecule has 1 fully saturated rings. The highest BCUT2D eigenvalue weighted by Gasteiger charge is 2.22. The first-order chi connectivity index (χ1) is 9.20. The summed E-state index contributed by atoms with van der Waals surface area (Å²) in [4.78, 5) is 2.14. The third-order valence-electron chi connectivity index (χ3n) is 4.45. The van der Waals surface area contributed by atoms with Gasteiger partial charge in [0.15, 0.2) is 0 Å². The lowest BCUT2D eigenvalue weighted by molar-refractivity contribution is 0.254. The van der Waals surface area contributed by atoms with Crippen molar-refractivity contribution in [3.05, 3.63) is 29.8 Å². The zero-order chi connectivity index (χ0) is 13.7. The lowest BCUT2D eigenvalue weighted by Gasteiger charge is -2.31. The molecule has 1 aromatic carbocycles. The Morgan fingerprint density at radius 2 is 1.79 bits per heavy atom. The van der Waals surface area contributed by atoms with E-state index in [1.807, 2.05) is 0 Å². The summed E-state index contributed by atoms with van der Waals surface area (Å²) in [6, 6.07) is 9.62. The van der Waals surface area contributed by atoms with E-state index in [4.69, 9.17) is 0 Å². The molecule has 0 heterocycles. The van der Waals surface area contributed by atoms with Gasteiger partial charge in [-0.2, -0.15) is 0 Å². The highest BCUT2D eigenvalue weighted by molar-refractivity contribution is 5.45. The zero-order valence-electron chi connectivity index (χ0n) is 12.7. The maximum absolute atomic E-state index is 3.77. The van der Waals surface area contributed by atoms with Gasteiger partial charge < -0.3 is 10.2 Å². The molecule has 1 saturated carbocycles. The Balaban J connectivity index is 1.87. The Kier molecular flexibility index (Phi) is 5.26. The van der Waals surface area contributed by atoms with E-state index in [1.165, 1.54) is 43.4 Å². The molecule has 0 amide bonds. The fourth-order valence-electron chi connectivity index (χ4n) is 3.13. The van der Waals surface area contributed by atoms with Crippen LogP contribution in [0.2, 0.25) is 0 Å². The minimum Gasteiger partial charge on any atom is -0.378 e. The monoisotopic (exact) mass is 260 g/mol. The van der Waals surface area contributed by atoms with Crippen LogP contribution in [0.25, 0.3) is 0 Å². The molecule has 1 aromatic rings. The Hall–Kier alpha value is -1.02. The summed E-state index contributed by atoms with van der Waals surface area (Å²) in [5.41, 5.74) is 2.67. The topological polar surface area (TPSA) is 15.3 Å². The third kappa shape index (κ3) is 3.97. The lowest BCUT2D eigenvalue weighted by atomic mass is 9.83.